The number of benzene rings is 2. The van der Waals surface area contributed by atoms with Crippen molar-refractivity contribution in [3.63, 3.8) is 0 Å². The molecular weight excluding hydrogens is 330 g/mol. The summed E-state index contributed by atoms with van der Waals surface area (Å²) in [4.78, 5) is 19.7. The third-order valence-electron chi connectivity index (χ3n) is 4.60. The van der Waals surface area contributed by atoms with Gasteiger partial charge in [-0.1, -0.05) is 49.0 Å². The van der Waals surface area contributed by atoms with Crippen LogP contribution in [0.1, 0.15) is 18.9 Å². The second kappa shape index (κ2) is 6.92. The van der Waals surface area contributed by atoms with Gasteiger partial charge in [0.2, 0.25) is 5.91 Å². The molecule has 1 aromatic heterocycles. The molecule has 0 saturated heterocycles. The molecule has 0 N–H and O–H groups in total. The first-order valence-electron chi connectivity index (χ1n) is 8.74. The first-order valence-corrected chi connectivity index (χ1v) is 9.73. The number of fused-ring (bicyclic) bond motifs is 2. The molecule has 0 fully saturated rings. The summed E-state index contributed by atoms with van der Waals surface area (Å²) in [5.41, 5.74) is 4.30. The average molecular weight is 351 g/mol. The van der Waals surface area contributed by atoms with E-state index in [2.05, 4.69) is 23.6 Å². The maximum absolute atomic E-state index is 13.1. The number of aryl methyl sites for hydroxylation is 1. The Labute approximate surface area is 151 Å². The van der Waals surface area contributed by atoms with E-state index in [4.69, 9.17) is 4.98 Å². The number of nitrogens with zero attached hydrogens (tertiary/aromatic N) is 3. The fourth-order valence-electron chi connectivity index (χ4n) is 3.46. The summed E-state index contributed by atoms with van der Waals surface area (Å²) in [5, 5.41) is 0.919. The Morgan fingerprint density at radius 3 is 2.84 bits per heavy atom. The predicted octanol–water partition coefficient (Wildman–Crippen LogP) is 4.13. The van der Waals surface area contributed by atoms with E-state index in [9.17, 15) is 4.79 Å². The largest absolute Gasteiger partial charge is 0.311 e. The van der Waals surface area contributed by atoms with Crippen molar-refractivity contribution >= 4 is 34.4 Å². The lowest BCUT2D eigenvalue weighted by atomic mass is 10.0. The molecule has 2 aromatic carbocycles. The molecule has 5 heteroatoms. The van der Waals surface area contributed by atoms with Gasteiger partial charge in [-0.25, -0.2) is 4.98 Å². The van der Waals surface area contributed by atoms with Crippen molar-refractivity contribution in [3.8, 4) is 0 Å². The van der Waals surface area contributed by atoms with Gasteiger partial charge in [-0.3, -0.25) is 4.79 Å². The third-order valence-corrected chi connectivity index (χ3v) is 5.46. The number of carbonyl (C=O) groups excluding carboxylic acids is 1. The van der Waals surface area contributed by atoms with Crippen molar-refractivity contribution in [2.75, 3.05) is 17.2 Å². The van der Waals surface area contributed by atoms with E-state index in [1.165, 1.54) is 5.56 Å². The molecule has 25 heavy (non-hydrogen) atoms. The van der Waals surface area contributed by atoms with Crippen molar-refractivity contribution in [2.45, 2.75) is 31.5 Å². The van der Waals surface area contributed by atoms with E-state index in [0.717, 1.165) is 47.0 Å². The average Bonchev–Trinajstić information content (AvgIpc) is 2.99. The Morgan fingerprint density at radius 1 is 1.16 bits per heavy atom. The molecule has 0 unspecified atom stereocenters. The highest BCUT2D eigenvalue weighted by molar-refractivity contribution is 7.99. The Morgan fingerprint density at radius 2 is 1.96 bits per heavy atom. The van der Waals surface area contributed by atoms with E-state index < -0.39 is 0 Å². The summed E-state index contributed by atoms with van der Waals surface area (Å²) in [6.45, 7) is 3.23. The van der Waals surface area contributed by atoms with Gasteiger partial charge in [0.05, 0.1) is 11.0 Å². The summed E-state index contributed by atoms with van der Waals surface area (Å²) >= 11 is 1.68. The van der Waals surface area contributed by atoms with Crippen LogP contribution >= 0.6 is 11.8 Å². The Balaban J connectivity index is 1.68. The van der Waals surface area contributed by atoms with Crippen LogP contribution in [-0.2, 0) is 17.8 Å². The molecule has 2 heterocycles. The SMILES string of the molecule is CCSc1nc2ccccc2n1CC(=O)N1CCCc2ccccc21. The van der Waals surface area contributed by atoms with Crippen LogP contribution in [0, 0.1) is 0 Å². The molecule has 0 radical (unpaired) electrons. The second-order valence-corrected chi connectivity index (χ2v) is 7.41. The minimum absolute atomic E-state index is 0.133. The predicted molar refractivity (Wildman–Crippen MR) is 103 cm³/mol. The van der Waals surface area contributed by atoms with Crippen LogP contribution in [0.2, 0.25) is 0 Å². The van der Waals surface area contributed by atoms with E-state index in [1.807, 2.05) is 41.3 Å². The number of rotatable bonds is 4. The van der Waals surface area contributed by atoms with Crippen LogP contribution in [0.3, 0.4) is 0 Å². The fourth-order valence-corrected chi connectivity index (χ4v) is 4.20. The Kier molecular flexibility index (Phi) is 4.49. The minimum Gasteiger partial charge on any atom is -0.311 e. The topological polar surface area (TPSA) is 38.1 Å². The van der Waals surface area contributed by atoms with Gasteiger partial charge < -0.3 is 9.47 Å². The lowest BCUT2D eigenvalue weighted by Gasteiger charge is -2.29. The highest BCUT2D eigenvalue weighted by Gasteiger charge is 2.23. The molecule has 0 saturated carbocycles. The van der Waals surface area contributed by atoms with Crippen LogP contribution in [0.5, 0.6) is 0 Å². The van der Waals surface area contributed by atoms with Crippen molar-refractivity contribution in [1.82, 2.24) is 9.55 Å². The molecule has 0 atom stereocenters. The van der Waals surface area contributed by atoms with Crippen molar-refractivity contribution in [3.05, 3.63) is 54.1 Å². The molecule has 4 rings (SSSR count). The number of para-hydroxylation sites is 3. The monoisotopic (exact) mass is 351 g/mol. The van der Waals surface area contributed by atoms with Gasteiger partial charge in [0.15, 0.2) is 5.16 Å². The summed E-state index contributed by atoms with van der Waals surface area (Å²) in [6.07, 6.45) is 2.06. The van der Waals surface area contributed by atoms with Gasteiger partial charge >= 0.3 is 0 Å². The van der Waals surface area contributed by atoms with Crippen molar-refractivity contribution in [2.24, 2.45) is 0 Å². The first-order chi connectivity index (χ1) is 12.3. The molecule has 1 aliphatic rings. The normalized spacial score (nSPS) is 13.9. The van der Waals surface area contributed by atoms with Gasteiger partial charge in [0.1, 0.15) is 6.54 Å². The molecule has 4 nitrogen and oxygen atoms in total. The van der Waals surface area contributed by atoms with Gasteiger partial charge in [0, 0.05) is 12.2 Å². The lowest BCUT2D eigenvalue weighted by molar-refractivity contribution is -0.119. The fraction of sp³-hybridized carbons (Fsp3) is 0.300. The highest BCUT2D eigenvalue weighted by atomic mass is 32.2. The molecule has 1 aliphatic heterocycles. The number of amides is 1. The molecule has 0 spiro atoms. The third kappa shape index (κ3) is 3.04. The molecule has 0 bridgehead atoms. The summed E-state index contributed by atoms with van der Waals surface area (Å²) in [7, 11) is 0. The number of hydrogen-bond acceptors (Lipinski definition) is 3. The second-order valence-electron chi connectivity index (χ2n) is 6.18. The number of imidazole rings is 1. The van der Waals surface area contributed by atoms with Crippen LogP contribution in [0.4, 0.5) is 5.69 Å². The van der Waals surface area contributed by atoms with Gasteiger partial charge in [-0.2, -0.15) is 0 Å². The smallest absolute Gasteiger partial charge is 0.247 e. The molecular formula is C20H21N3OS. The van der Waals surface area contributed by atoms with Crippen LogP contribution < -0.4 is 4.90 Å². The number of aromatic nitrogens is 2. The van der Waals surface area contributed by atoms with Gasteiger partial charge in [0.25, 0.3) is 0 Å². The number of anilines is 1. The maximum Gasteiger partial charge on any atom is 0.247 e. The number of hydrogen-bond donors (Lipinski definition) is 0. The molecule has 0 aliphatic carbocycles. The summed E-state index contributed by atoms with van der Waals surface area (Å²) in [6, 6.07) is 16.3. The van der Waals surface area contributed by atoms with E-state index in [0.29, 0.717) is 6.54 Å². The summed E-state index contributed by atoms with van der Waals surface area (Å²) in [5.74, 6) is 1.07. The van der Waals surface area contributed by atoms with E-state index >= 15 is 0 Å². The molecule has 3 aromatic rings. The van der Waals surface area contributed by atoms with Crippen molar-refractivity contribution in [1.29, 1.82) is 0 Å². The minimum atomic E-state index is 0.133. The zero-order chi connectivity index (χ0) is 17.2. The van der Waals surface area contributed by atoms with E-state index in [-0.39, 0.29) is 5.91 Å². The zero-order valence-electron chi connectivity index (χ0n) is 14.3. The lowest BCUT2D eigenvalue weighted by Crippen LogP contribution is -2.37. The van der Waals surface area contributed by atoms with Crippen LogP contribution in [0.25, 0.3) is 11.0 Å². The maximum atomic E-state index is 13.1. The number of thioether (sulfide) groups is 1. The highest BCUT2D eigenvalue weighted by Crippen LogP contribution is 2.28. The first kappa shape index (κ1) is 16.2. The number of carbonyl (C=O) groups is 1. The zero-order valence-corrected chi connectivity index (χ0v) is 15.1. The Hall–Kier alpha value is -2.27. The van der Waals surface area contributed by atoms with Crippen molar-refractivity contribution < 1.29 is 4.79 Å². The van der Waals surface area contributed by atoms with Crippen LogP contribution in [0.15, 0.2) is 53.7 Å². The molecule has 1 amide bonds. The van der Waals surface area contributed by atoms with E-state index in [1.54, 1.807) is 11.8 Å². The standard InChI is InChI=1S/C20H21N3OS/c1-2-25-20-21-16-10-4-6-12-18(16)23(20)14-19(24)22-13-7-9-15-8-3-5-11-17(15)22/h3-6,8,10-12H,2,7,9,13-14H2,1H3. The van der Waals surface area contributed by atoms with Gasteiger partial charge in [-0.05, 0) is 42.4 Å². The quantitative estimate of drug-likeness (QED) is 0.664. The molecule has 128 valence electrons. The Bertz CT molecular complexity index is 918. The summed E-state index contributed by atoms with van der Waals surface area (Å²) < 4.78 is 2.06. The van der Waals surface area contributed by atoms with Gasteiger partial charge in [-0.15, -0.1) is 0 Å². The van der Waals surface area contributed by atoms with Crippen LogP contribution in [-0.4, -0.2) is 27.8 Å².